The van der Waals surface area contributed by atoms with Crippen LogP contribution in [0.5, 0.6) is 0 Å². The average molecular weight is 139 g/mol. The first-order valence-electron chi connectivity index (χ1n) is 1.49. The summed E-state index contributed by atoms with van der Waals surface area (Å²) >= 11 is 0. The molecule has 0 aliphatic heterocycles. The van der Waals surface area contributed by atoms with Crippen LogP contribution in [0.1, 0.15) is 0 Å². The maximum absolute atomic E-state index is 10.1. The third kappa shape index (κ3) is 6.05. The zero-order chi connectivity index (χ0) is 5.91. The highest BCUT2D eigenvalue weighted by molar-refractivity contribution is 8.04. The Morgan fingerprint density at radius 3 is 2.14 bits per heavy atom. The third-order valence-corrected chi connectivity index (χ3v) is 1.12. The van der Waals surface area contributed by atoms with Crippen molar-refractivity contribution in [3.05, 3.63) is 0 Å². The minimum absolute atomic E-state index is 0.873. The molecule has 7 heavy (non-hydrogen) atoms. The smallest absolute Gasteiger partial charge is 0.185 e. The van der Waals surface area contributed by atoms with Crippen LogP contribution < -0.4 is 0 Å². The summed E-state index contributed by atoms with van der Waals surface area (Å²) in [5.74, 6) is 0. The minimum Gasteiger partial charge on any atom is -0.264 e. The quantitative estimate of drug-likeness (QED) is 0.288. The Balaban J connectivity index is 4.13. The van der Waals surface area contributed by atoms with Gasteiger partial charge in [0.05, 0.1) is 0 Å². The van der Waals surface area contributed by atoms with E-state index in [1.807, 2.05) is 9.39 Å². The van der Waals surface area contributed by atoms with E-state index in [0.29, 0.717) is 0 Å². The Hall–Kier alpha value is 0.0500. The van der Waals surface area contributed by atoms with Gasteiger partial charge in [0.15, 0.2) is 9.84 Å². The molecule has 0 saturated heterocycles. The van der Waals surface area contributed by atoms with Crippen LogP contribution in [-0.2, 0) is 9.84 Å². The second-order valence-electron chi connectivity index (χ2n) is 1.08. The topological polar surface area (TPSA) is 46.5 Å². The second kappa shape index (κ2) is 2.38. The SMILES string of the molecule is CS(=O)(=O)C=NP. The van der Waals surface area contributed by atoms with Gasteiger partial charge >= 0.3 is 0 Å². The van der Waals surface area contributed by atoms with E-state index in [2.05, 4.69) is 4.76 Å². The lowest BCUT2D eigenvalue weighted by Crippen LogP contribution is -1.93. The van der Waals surface area contributed by atoms with E-state index >= 15 is 0 Å². The predicted octanol–water partition coefficient (Wildman–Crippen LogP) is -0.151. The number of nitrogens with zero attached hydrogens (tertiary/aromatic N) is 1. The van der Waals surface area contributed by atoms with Crippen LogP contribution in [-0.4, -0.2) is 20.2 Å². The Bertz CT molecular complexity index is 159. The lowest BCUT2D eigenvalue weighted by Gasteiger charge is -1.76. The molecule has 1 unspecified atom stereocenters. The van der Waals surface area contributed by atoms with Crippen LogP contribution in [0, 0.1) is 0 Å². The average Bonchev–Trinajstić information content (AvgIpc) is 1.30. The highest BCUT2D eigenvalue weighted by atomic mass is 32.2. The number of hydrogen-bond donors (Lipinski definition) is 0. The van der Waals surface area contributed by atoms with E-state index in [1.54, 1.807) is 0 Å². The van der Waals surface area contributed by atoms with Crippen molar-refractivity contribution in [1.82, 2.24) is 0 Å². The van der Waals surface area contributed by atoms with Crippen LogP contribution in [0.15, 0.2) is 4.76 Å². The molecule has 0 fully saturated rings. The fourth-order valence-electron chi connectivity index (χ4n) is 0.111. The lowest BCUT2D eigenvalue weighted by molar-refractivity contribution is 0.613. The summed E-state index contributed by atoms with van der Waals surface area (Å²) < 4.78 is 23.3. The molecule has 0 amide bonds. The summed E-state index contributed by atoms with van der Waals surface area (Å²) in [7, 11) is -1.05. The molecule has 1 atom stereocenters. The molecule has 0 spiro atoms. The molecular weight excluding hydrogens is 133 g/mol. The monoisotopic (exact) mass is 139 g/mol. The number of rotatable bonds is 1. The number of hydrogen-bond acceptors (Lipinski definition) is 3. The third-order valence-electron chi connectivity index (χ3n) is 0.252. The van der Waals surface area contributed by atoms with E-state index in [9.17, 15) is 8.42 Å². The van der Waals surface area contributed by atoms with Crippen molar-refractivity contribution in [1.29, 1.82) is 0 Å². The van der Waals surface area contributed by atoms with Crippen LogP contribution in [0.2, 0.25) is 0 Å². The van der Waals surface area contributed by atoms with E-state index in [-0.39, 0.29) is 0 Å². The van der Waals surface area contributed by atoms with E-state index in [4.69, 9.17) is 0 Å². The largest absolute Gasteiger partial charge is 0.264 e. The summed E-state index contributed by atoms with van der Waals surface area (Å²) in [5.41, 5.74) is 0.873. The first-order valence-corrected chi connectivity index (χ1v) is 3.96. The van der Waals surface area contributed by atoms with Gasteiger partial charge in [-0.3, -0.25) is 4.76 Å². The highest BCUT2D eigenvalue weighted by Gasteiger charge is 1.89. The molecule has 0 aromatic rings. The van der Waals surface area contributed by atoms with Crippen molar-refractivity contribution in [2.24, 2.45) is 4.76 Å². The first kappa shape index (κ1) is 7.05. The molecule has 0 aromatic heterocycles. The van der Waals surface area contributed by atoms with Gasteiger partial charge in [0.2, 0.25) is 0 Å². The lowest BCUT2D eigenvalue weighted by atomic mass is 11.7. The van der Waals surface area contributed by atoms with Crippen molar-refractivity contribution >= 4 is 24.8 Å². The molecule has 0 N–H and O–H groups in total. The normalized spacial score (nSPS) is 12.9. The predicted molar refractivity (Wildman–Crippen MR) is 33.0 cm³/mol. The minimum atomic E-state index is -2.99. The highest BCUT2D eigenvalue weighted by Crippen LogP contribution is 1.81. The summed E-state index contributed by atoms with van der Waals surface area (Å²) in [4.78, 5) is 0. The zero-order valence-corrected chi connectivity index (χ0v) is 5.80. The van der Waals surface area contributed by atoms with Crippen molar-refractivity contribution in [2.45, 2.75) is 0 Å². The van der Waals surface area contributed by atoms with E-state index < -0.39 is 9.84 Å². The molecule has 0 saturated carbocycles. The molecule has 0 heterocycles. The van der Waals surface area contributed by atoms with Crippen molar-refractivity contribution in [3.8, 4) is 0 Å². The van der Waals surface area contributed by atoms with Crippen LogP contribution in [0.4, 0.5) is 0 Å². The summed E-state index contributed by atoms with van der Waals surface area (Å²) in [6.07, 6.45) is 1.08. The fraction of sp³-hybridized carbons (Fsp3) is 0.500. The summed E-state index contributed by atoms with van der Waals surface area (Å²) in [6, 6.07) is 0. The first-order chi connectivity index (χ1) is 3.06. The van der Waals surface area contributed by atoms with Gasteiger partial charge in [0, 0.05) is 6.26 Å². The Morgan fingerprint density at radius 2 is 2.14 bits per heavy atom. The van der Waals surface area contributed by atoms with Gasteiger partial charge in [-0.2, -0.15) is 0 Å². The standard InChI is InChI=1S/C2H6NO2PS/c1-7(4,5)2-3-6/h2H,6H2,1H3. The molecule has 0 bridgehead atoms. The van der Waals surface area contributed by atoms with Crippen LogP contribution in [0.25, 0.3) is 0 Å². The van der Waals surface area contributed by atoms with Gasteiger partial charge < -0.3 is 0 Å². The molecular formula is C2H6NO2PS. The molecule has 0 radical (unpaired) electrons. The van der Waals surface area contributed by atoms with E-state index in [0.717, 1.165) is 11.8 Å². The van der Waals surface area contributed by atoms with Gasteiger partial charge in [-0.25, -0.2) is 8.42 Å². The molecule has 0 aliphatic rings. The van der Waals surface area contributed by atoms with Crippen molar-refractivity contribution in [3.63, 3.8) is 0 Å². The Morgan fingerprint density at radius 1 is 1.71 bits per heavy atom. The van der Waals surface area contributed by atoms with E-state index in [1.165, 1.54) is 0 Å². The molecule has 42 valence electrons. The fourth-order valence-corrected chi connectivity index (χ4v) is 0.995. The summed E-state index contributed by atoms with van der Waals surface area (Å²) in [6.45, 7) is 0. The maximum Gasteiger partial charge on any atom is 0.185 e. The van der Waals surface area contributed by atoms with Gasteiger partial charge in [-0.1, -0.05) is 0 Å². The van der Waals surface area contributed by atoms with Crippen LogP contribution >= 0.6 is 9.39 Å². The zero-order valence-electron chi connectivity index (χ0n) is 3.83. The van der Waals surface area contributed by atoms with Crippen LogP contribution in [0.3, 0.4) is 0 Å². The second-order valence-corrected chi connectivity index (χ2v) is 3.25. The molecule has 5 heteroatoms. The van der Waals surface area contributed by atoms with Crippen molar-refractivity contribution < 1.29 is 8.42 Å². The van der Waals surface area contributed by atoms with Crippen molar-refractivity contribution in [2.75, 3.05) is 6.26 Å². The van der Waals surface area contributed by atoms with Gasteiger partial charge in [-0.05, 0) is 9.39 Å². The van der Waals surface area contributed by atoms with Gasteiger partial charge in [0.1, 0.15) is 5.55 Å². The maximum atomic E-state index is 10.1. The molecule has 3 nitrogen and oxygen atoms in total. The molecule has 0 aliphatic carbocycles. The molecule has 0 aromatic carbocycles. The molecule has 0 rings (SSSR count). The number of sulfone groups is 1. The summed E-state index contributed by atoms with van der Waals surface area (Å²) in [5, 5.41) is 0. The van der Waals surface area contributed by atoms with Gasteiger partial charge in [0.25, 0.3) is 0 Å². The Labute approximate surface area is 45.0 Å². The van der Waals surface area contributed by atoms with Gasteiger partial charge in [-0.15, -0.1) is 0 Å². The Kier molecular flexibility index (Phi) is 2.40.